The molecule has 0 saturated heterocycles. The van der Waals surface area contributed by atoms with Gasteiger partial charge in [0.25, 0.3) is 0 Å². The summed E-state index contributed by atoms with van der Waals surface area (Å²) in [6, 6.07) is 10.3. The largest absolute Gasteiger partial charge is 0.560 e. The normalized spacial score (nSPS) is 8.50. The first-order chi connectivity index (χ1) is 5.88. The van der Waals surface area contributed by atoms with Crippen LogP contribution in [0.4, 0.5) is 0 Å². The van der Waals surface area contributed by atoms with Crippen molar-refractivity contribution in [2.75, 3.05) is 0 Å². The summed E-state index contributed by atoms with van der Waals surface area (Å²) in [6.07, 6.45) is 0. The zero-order chi connectivity index (χ0) is 8.81. The van der Waals surface area contributed by atoms with Gasteiger partial charge in [0.15, 0.2) is 0 Å². The Hall–Kier alpha value is 0.906. The smallest absolute Gasteiger partial charge is 0.280 e. The maximum absolute atomic E-state index is 3.20. The molecule has 0 aliphatic carbocycles. The minimum atomic E-state index is 0.0417. The van der Waals surface area contributed by atoms with E-state index in [0.29, 0.717) is 0 Å². The standard InChI is InChI=1S/C8H5S.2BrH.Mg/c1-2-4-8-7(3-1)5-6-9-8;;;/h1-5H;2*1H;/q;;;+2/p-2. The molecule has 12 heavy (non-hydrogen) atoms. The van der Waals surface area contributed by atoms with Crippen molar-refractivity contribution in [2.45, 2.75) is 0 Å². The van der Waals surface area contributed by atoms with E-state index in [9.17, 15) is 0 Å². The lowest BCUT2D eigenvalue weighted by Crippen LogP contribution is -1.56. The zero-order valence-electron chi connectivity index (χ0n) is 6.26. The fraction of sp³-hybridized carbons (Fsp3) is 0. The molecule has 0 atom stereocenters. The first-order valence-corrected chi connectivity index (χ1v) is 12.0. The molecule has 0 fully saturated rings. The number of halogens is 2. The van der Waals surface area contributed by atoms with Gasteiger partial charge in [-0.15, -0.1) is 11.3 Å². The van der Waals surface area contributed by atoms with Crippen molar-refractivity contribution < 1.29 is 0 Å². The van der Waals surface area contributed by atoms with Crippen molar-refractivity contribution in [3.05, 3.63) is 35.7 Å². The maximum Gasteiger partial charge on any atom is 0.560 e. The van der Waals surface area contributed by atoms with Gasteiger partial charge in [0.1, 0.15) is 0 Å². The second kappa shape index (κ2) is 6.37. The summed E-state index contributed by atoms with van der Waals surface area (Å²) in [5.41, 5.74) is 0. The topological polar surface area (TPSA) is 0 Å². The fourth-order valence-electron chi connectivity index (χ4n) is 0.849. The van der Waals surface area contributed by atoms with E-state index in [1.165, 1.54) is 10.1 Å². The minimum Gasteiger partial charge on any atom is -0.280 e. The van der Waals surface area contributed by atoms with E-state index < -0.39 is 0 Å². The number of hydrogen-bond donors (Lipinski definition) is 0. The molecule has 0 aliphatic rings. The van der Waals surface area contributed by atoms with Crippen LogP contribution < -0.4 is 0 Å². The third-order valence-corrected chi connectivity index (χ3v) is 2.13. The SMILES string of the molecule is [Br][Mg][Br].[c]1cc2ccccc2s1. The summed E-state index contributed by atoms with van der Waals surface area (Å²) in [6.45, 7) is 0. The lowest BCUT2D eigenvalue weighted by Gasteiger charge is -1.82. The third-order valence-electron chi connectivity index (χ3n) is 1.30. The summed E-state index contributed by atoms with van der Waals surface area (Å²) < 4.78 is 1.32. The molecule has 0 amide bonds. The fourth-order valence-corrected chi connectivity index (χ4v) is 1.55. The van der Waals surface area contributed by atoms with Crippen LogP contribution in [0.15, 0.2) is 30.3 Å². The molecule has 1 radical (unpaired) electrons. The van der Waals surface area contributed by atoms with Crippen molar-refractivity contribution in [2.24, 2.45) is 0 Å². The van der Waals surface area contributed by atoms with E-state index in [0.717, 1.165) is 0 Å². The lowest BCUT2D eigenvalue weighted by atomic mass is 10.3. The predicted octanol–water partition coefficient (Wildman–Crippen LogP) is 4.01. The Bertz CT molecular complexity index is 304. The van der Waals surface area contributed by atoms with E-state index in [-0.39, 0.29) is 16.0 Å². The van der Waals surface area contributed by atoms with Crippen LogP contribution in [0.1, 0.15) is 0 Å². The second-order valence-corrected chi connectivity index (χ2v) is 11.0. The molecular weight excluding hydrogens is 312 g/mol. The van der Waals surface area contributed by atoms with Crippen LogP contribution in [0.25, 0.3) is 10.1 Å². The van der Waals surface area contributed by atoms with Crippen molar-refractivity contribution >= 4 is 63.2 Å². The van der Waals surface area contributed by atoms with E-state index in [4.69, 9.17) is 0 Å². The van der Waals surface area contributed by atoms with Gasteiger partial charge < -0.3 is 0 Å². The van der Waals surface area contributed by atoms with E-state index in [1.807, 2.05) is 18.2 Å². The number of hydrogen-bond acceptors (Lipinski definition) is 1. The van der Waals surface area contributed by atoms with Crippen molar-refractivity contribution in [1.82, 2.24) is 0 Å². The van der Waals surface area contributed by atoms with Gasteiger partial charge in [-0.2, -0.15) is 0 Å². The van der Waals surface area contributed by atoms with Crippen LogP contribution in [0.3, 0.4) is 0 Å². The molecule has 1 aromatic carbocycles. The molecule has 1 aromatic heterocycles. The Balaban J connectivity index is 0.000000213. The second-order valence-electron chi connectivity index (χ2n) is 2.00. The highest BCUT2D eigenvalue weighted by atomic mass is 79.9. The highest BCUT2D eigenvalue weighted by Crippen LogP contribution is 2.18. The van der Waals surface area contributed by atoms with Gasteiger partial charge in [0, 0.05) is 10.1 Å². The Morgan fingerprint density at radius 1 is 1.25 bits per heavy atom. The highest BCUT2D eigenvalue weighted by Gasteiger charge is 1.88. The van der Waals surface area contributed by atoms with Crippen molar-refractivity contribution in [1.29, 1.82) is 0 Å². The van der Waals surface area contributed by atoms with Crippen LogP contribution in [-0.2, 0) is 0 Å². The maximum atomic E-state index is 3.20. The average Bonchev–Trinajstić information content (AvgIpc) is 2.52. The van der Waals surface area contributed by atoms with E-state index in [2.05, 4.69) is 43.3 Å². The molecule has 0 unspecified atom stereocenters. The number of benzene rings is 1. The Morgan fingerprint density at radius 3 is 2.58 bits per heavy atom. The van der Waals surface area contributed by atoms with Crippen molar-refractivity contribution in [3.8, 4) is 0 Å². The summed E-state index contributed by atoms with van der Waals surface area (Å²) in [5, 5.41) is 4.37. The molecule has 0 saturated carbocycles. The van der Waals surface area contributed by atoms with Gasteiger partial charge >= 0.3 is 16.0 Å². The number of fused-ring (bicyclic) bond motifs is 1. The Kier molecular flexibility index (Phi) is 5.83. The van der Waals surface area contributed by atoms with E-state index >= 15 is 0 Å². The summed E-state index contributed by atoms with van der Waals surface area (Å²) in [5.74, 6) is 0. The number of thiophene rings is 1. The van der Waals surface area contributed by atoms with Gasteiger partial charge in [0.2, 0.25) is 0 Å². The zero-order valence-corrected chi connectivity index (χ0v) is 11.7. The molecule has 0 spiro atoms. The summed E-state index contributed by atoms with van der Waals surface area (Å²) >= 11 is 8.11. The van der Waals surface area contributed by atoms with Crippen LogP contribution in [-0.4, -0.2) is 16.0 Å². The van der Waals surface area contributed by atoms with Gasteiger partial charge in [-0.3, -0.25) is 25.8 Å². The van der Waals surface area contributed by atoms with Gasteiger partial charge in [-0.05, 0) is 17.5 Å². The monoisotopic (exact) mass is 315 g/mol. The molecular formula is C8H5Br2MgS. The van der Waals surface area contributed by atoms with Crippen LogP contribution >= 0.6 is 37.1 Å². The quantitative estimate of drug-likeness (QED) is 0.644. The third kappa shape index (κ3) is 3.34. The number of rotatable bonds is 0. The summed E-state index contributed by atoms with van der Waals surface area (Å²) in [4.78, 5) is 0. The van der Waals surface area contributed by atoms with Gasteiger partial charge in [-0.25, -0.2) is 0 Å². The average molecular weight is 317 g/mol. The molecule has 2 rings (SSSR count). The summed E-state index contributed by atoms with van der Waals surface area (Å²) in [7, 11) is 0. The minimum absolute atomic E-state index is 0.0417. The van der Waals surface area contributed by atoms with E-state index in [1.54, 1.807) is 11.3 Å². The van der Waals surface area contributed by atoms with Crippen LogP contribution in [0.2, 0.25) is 0 Å². The Morgan fingerprint density at radius 2 is 1.92 bits per heavy atom. The van der Waals surface area contributed by atoms with Crippen LogP contribution in [0, 0.1) is 5.38 Å². The van der Waals surface area contributed by atoms with Gasteiger partial charge in [0.05, 0.1) is 0 Å². The molecule has 59 valence electrons. The van der Waals surface area contributed by atoms with Crippen molar-refractivity contribution in [3.63, 3.8) is 0 Å². The predicted molar refractivity (Wildman–Crippen MR) is 64.3 cm³/mol. The molecule has 2 aromatic rings. The lowest BCUT2D eigenvalue weighted by molar-refractivity contribution is 1.85. The van der Waals surface area contributed by atoms with Crippen LogP contribution in [0.5, 0.6) is 0 Å². The van der Waals surface area contributed by atoms with Gasteiger partial charge in [-0.1, -0.05) is 18.2 Å². The molecule has 0 aliphatic heterocycles. The first-order valence-electron chi connectivity index (χ1n) is 3.35. The molecule has 0 nitrogen and oxygen atoms in total. The first kappa shape index (κ1) is 11.0. The molecule has 1 heterocycles. The molecule has 4 heteroatoms. The molecule has 0 bridgehead atoms. The Labute approximate surface area is 97.8 Å². The molecule has 0 N–H and O–H groups in total. The highest BCUT2D eigenvalue weighted by molar-refractivity contribution is 9.47.